The van der Waals surface area contributed by atoms with Crippen molar-refractivity contribution in [3.05, 3.63) is 32.7 Å². The molecule has 2 rings (SSSR count). The average Bonchev–Trinajstić information content (AvgIpc) is 2.79. The van der Waals surface area contributed by atoms with Crippen LogP contribution in [0.25, 0.3) is 0 Å². The molecule has 3 nitrogen and oxygen atoms in total. The normalized spacial score (nSPS) is 23.4. The van der Waals surface area contributed by atoms with Crippen molar-refractivity contribution in [2.45, 2.75) is 26.8 Å². The van der Waals surface area contributed by atoms with E-state index >= 15 is 0 Å². The first-order valence-corrected chi connectivity index (χ1v) is 8.33. The summed E-state index contributed by atoms with van der Waals surface area (Å²) in [6.45, 7) is 6.29. The summed E-state index contributed by atoms with van der Waals surface area (Å²) in [4.78, 5) is 13.9. The lowest BCUT2D eigenvalue weighted by atomic mass is 9.76. The van der Waals surface area contributed by atoms with Gasteiger partial charge in [-0.15, -0.1) is 0 Å². The first-order chi connectivity index (χ1) is 9.35. The number of benzene rings is 1. The first kappa shape index (κ1) is 16.0. The molecule has 0 aliphatic carbocycles. The molecule has 1 saturated heterocycles. The zero-order valence-electron chi connectivity index (χ0n) is 11.7. The van der Waals surface area contributed by atoms with Crippen LogP contribution in [-0.4, -0.2) is 29.1 Å². The number of carbonyl (C=O) groups is 1. The van der Waals surface area contributed by atoms with E-state index in [1.807, 2.05) is 19.9 Å². The van der Waals surface area contributed by atoms with E-state index in [4.69, 9.17) is 0 Å². The Kier molecular flexibility index (Phi) is 4.92. The van der Waals surface area contributed by atoms with Gasteiger partial charge in [-0.3, -0.25) is 9.69 Å². The highest BCUT2D eigenvalue weighted by Crippen LogP contribution is 2.38. The fourth-order valence-electron chi connectivity index (χ4n) is 2.84. The van der Waals surface area contributed by atoms with Crippen molar-refractivity contribution in [2.24, 2.45) is 11.3 Å². The molecule has 1 atom stereocenters. The number of hydrogen-bond donors (Lipinski definition) is 1. The van der Waals surface area contributed by atoms with Crippen LogP contribution in [0.5, 0.6) is 0 Å². The van der Waals surface area contributed by atoms with Gasteiger partial charge in [0.25, 0.3) is 0 Å². The van der Waals surface area contributed by atoms with Crippen LogP contribution in [-0.2, 0) is 11.3 Å². The highest BCUT2D eigenvalue weighted by molar-refractivity contribution is 9.13. The summed E-state index contributed by atoms with van der Waals surface area (Å²) in [5.41, 5.74) is 0.608. The van der Waals surface area contributed by atoms with Crippen molar-refractivity contribution < 1.29 is 9.90 Å². The predicted molar refractivity (Wildman–Crippen MR) is 86.6 cm³/mol. The van der Waals surface area contributed by atoms with E-state index in [0.717, 1.165) is 28.5 Å². The highest BCUT2D eigenvalue weighted by Gasteiger charge is 2.46. The maximum atomic E-state index is 11.6. The molecule has 0 aromatic heterocycles. The Bertz CT molecular complexity index is 519. The van der Waals surface area contributed by atoms with E-state index in [1.165, 1.54) is 5.56 Å². The number of likely N-dealkylation sites (tertiary alicyclic amines) is 1. The lowest BCUT2D eigenvalue weighted by Gasteiger charge is -2.28. The predicted octanol–water partition coefficient (Wildman–Crippen LogP) is 4.14. The highest BCUT2D eigenvalue weighted by atomic mass is 79.9. The van der Waals surface area contributed by atoms with Crippen molar-refractivity contribution in [3.8, 4) is 0 Å². The number of rotatable bonds is 4. The van der Waals surface area contributed by atoms with Crippen molar-refractivity contribution in [1.29, 1.82) is 0 Å². The van der Waals surface area contributed by atoms with Crippen LogP contribution in [0.15, 0.2) is 27.1 Å². The van der Waals surface area contributed by atoms with Crippen LogP contribution in [0.1, 0.15) is 25.8 Å². The third kappa shape index (κ3) is 3.10. The molecule has 20 heavy (non-hydrogen) atoms. The Hall–Kier alpha value is -0.390. The molecule has 0 saturated carbocycles. The Morgan fingerprint density at radius 3 is 2.60 bits per heavy atom. The zero-order chi connectivity index (χ0) is 14.9. The van der Waals surface area contributed by atoms with Gasteiger partial charge in [0.2, 0.25) is 0 Å². The Labute approximate surface area is 136 Å². The molecular weight excluding hydrogens is 386 g/mol. The van der Waals surface area contributed by atoms with Gasteiger partial charge in [0.15, 0.2) is 0 Å². The molecule has 0 spiro atoms. The fourth-order valence-corrected chi connectivity index (χ4v) is 3.51. The van der Waals surface area contributed by atoms with Crippen LogP contribution in [0, 0.1) is 11.3 Å². The van der Waals surface area contributed by atoms with Crippen LogP contribution in [0.4, 0.5) is 0 Å². The van der Waals surface area contributed by atoms with E-state index in [2.05, 4.69) is 48.9 Å². The third-order valence-corrected chi connectivity index (χ3v) is 6.18. The molecule has 1 aliphatic heterocycles. The molecule has 0 bridgehead atoms. The summed E-state index contributed by atoms with van der Waals surface area (Å²) >= 11 is 6.96. The molecule has 110 valence electrons. The molecule has 1 fully saturated rings. The summed E-state index contributed by atoms with van der Waals surface area (Å²) < 4.78 is 2.06. The number of halogens is 2. The van der Waals surface area contributed by atoms with E-state index in [9.17, 15) is 9.90 Å². The van der Waals surface area contributed by atoms with Gasteiger partial charge in [-0.2, -0.15) is 0 Å². The molecule has 0 radical (unpaired) electrons. The number of carboxylic acids is 1. The second kappa shape index (κ2) is 6.16. The van der Waals surface area contributed by atoms with Gasteiger partial charge in [-0.1, -0.05) is 19.9 Å². The third-order valence-electron chi connectivity index (χ3n) is 4.30. The number of aliphatic carboxylic acids is 1. The van der Waals surface area contributed by atoms with Crippen LogP contribution in [0.2, 0.25) is 0 Å². The summed E-state index contributed by atoms with van der Waals surface area (Å²) in [6, 6.07) is 6.17. The maximum absolute atomic E-state index is 11.6. The second-order valence-corrected chi connectivity index (χ2v) is 7.53. The SMILES string of the molecule is CC(C)C1(C(=O)O)CCN(Cc2ccc(Br)c(Br)c2)C1. The Morgan fingerprint density at radius 1 is 1.40 bits per heavy atom. The smallest absolute Gasteiger partial charge is 0.311 e. The van der Waals surface area contributed by atoms with Crippen molar-refractivity contribution in [1.82, 2.24) is 4.90 Å². The summed E-state index contributed by atoms with van der Waals surface area (Å²) in [5.74, 6) is -0.506. The van der Waals surface area contributed by atoms with Gasteiger partial charge < -0.3 is 5.11 Å². The minimum Gasteiger partial charge on any atom is -0.481 e. The summed E-state index contributed by atoms with van der Waals surface area (Å²) in [7, 11) is 0. The van der Waals surface area contributed by atoms with Gasteiger partial charge in [0.1, 0.15) is 0 Å². The van der Waals surface area contributed by atoms with Crippen molar-refractivity contribution in [3.63, 3.8) is 0 Å². The number of carboxylic acid groups (broad SMARTS) is 1. The Balaban J connectivity index is 2.09. The molecule has 5 heteroatoms. The van der Waals surface area contributed by atoms with E-state index in [0.29, 0.717) is 6.54 Å². The van der Waals surface area contributed by atoms with Gasteiger partial charge in [0.05, 0.1) is 5.41 Å². The lowest BCUT2D eigenvalue weighted by Crippen LogP contribution is -2.39. The number of nitrogens with zero attached hydrogens (tertiary/aromatic N) is 1. The van der Waals surface area contributed by atoms with Gasteiger partial charge >= 0.3 is 5.97 Å². The number of hydrogen-bond acceptors (Lipinski definition) is 2. The van der Waals surface area contributed by atoms with Gasteiger partial charge in [-0.25, -0.2) is 0 Å². The zero-order valence-corrected chi connectivity index (χ0v) is 14.9. The molecule has 1 unspecified atom stereocenters. The van der Waals surface area contributed by atoms with E-state index in [1.54, 1.807) is 0 Å². The lowest BCUT2D eigenvalue weighted by molar-refractivity contribution is -0.151. The first-order valence-electron chi connectivity index (χ1n) is 6.75. The molecule has 0 amide bonds. The Morgan fingerprint density at radius 2 is 2.10 bits per heavy atom. The van der Waals surface area contributed by atoms with Crippen molar-refractivity contribution >= 4 is 37.8 Å². The van der Waals surface area contributed by atoms with Crippen LogP contribution >= 0.6 is 31.9 Å². The van der Waals surface area contributed by atoms with Gasteiger partial charge in [0, 0.05) is 22.0 Å². The van der Waals surface area contributed by atoms with Crippen molar-refractivity contribution in [2.75, 3.05) is 13.1 Å². The topological polar surface area (TPSA) is 40.5 Å². The average molecular weight is 405 g/mol. The standard InChI is InChI=1S/C15H19Br2NO2/c1-10(2)15(14(19)20)5-6-18(9-15)8-11-3-4-12(16)13(17)7-11/h3-4,7,10H,5-6,8-9H2,1-2H3,(H,19,20). The minimum atomic E-state index is -0.660. The van der Waals surface area contributed by atoms with E-state index < -0.39 is 11.4 Å². The second-order valence-electron chi connectivity index (χ2n) is 5.83. The summed E-state index contributed by atoms with van der Waals surface area (Å²) in [6.07, 6.45) is 0.734. The minimum absolute atomic E-state index is 0.154. The van der Waals surface area contributed by atoms with E-state index in [-0.39, 0.29) is 5.92 Å². The van der Waals surface area contributed by atoms with Crippen LogP contribution in [0.3, 0.4) is 0 Å². The monoisotopic (exact) mass is 403 g/mol. The quantitative estimate of drug-likeness (QED) is 0.819. The molecule has 1 N–H and O–H groups in total. The molecule has 1 heterocycles. The molecule has 1 aliphatic rings. The van der Waals surface area contributed by atoms with Gasteiger partial charge in [-0.05, 0) is 68.4 Å². The molecule has 1 aromatic rings. The fraction of sp³-hybridized carbons (Fsp3) is 0.533. The molecular formula is C15H19Br2NO2. The largest absolute Gasteiger partial charge is 0.481 e. The molecule has 1 aromatic carbocycles. The maximum Gasteiger partial charge on any atom is 0.311 e. The summed E-state index contributed by atoms with van der Waals surface area (Å²) in [5, 5.41) is 9.56. The van der Waals surface area contributed by atoms with Crippen LogP contribution < -0.4 is 0 Å².